The van der Waals surface area contributed by atoms with Gasteiger partial charge in [0.05, 0.1) is 0 Å². The third kappa shape index (κ3) is 5.80. The molecule has 2 atom stereocenters. The van der Waals surface area contributed by atoms with Crippen molar-refractivity contribution in [3.8, 4) is 5.75 Å². The van der Waals surface area contributed by atoms with E-state index in [0.717, 1.165) is 0 Å². The quantitative estimate of drug-likeness (QED) is 0.755. The first-order chi connectivity index (χ1) is 12.0. The predicted molar refractivity (Wildman–Crippen MR) is 96.8 cm³/mol. The third-order valence-corrected chi connectivity index (χ3v) is 3.68. The molecule has 0 fully saturated rings. The highest BCUT2D eigenvalue weighted by Gasteiger charge is 2.25. The van der Waals surface area contributed by atoms with E-state index in [1.165, 1.54) is 6.92 Å². The van der Waals surface area contributed by atoms with Crippen molar-refractivity contribution in [2.24, 2.45) is 0 Å². The molecule has 5 nitrogen and oxygen atoms in total. The summed E-state index contributed by atoms with van der Waals surface area (Å²) in [5.74, 6) is -0.431. The molecule has 0 saturated heterocycles. The van der Waals surface area contributed by atoms with E-state index in [-0.39, 0.29) is 0 Å². The highest BCUT2D eigenvalue weighted by molar-refractivity contribution is 6.30. The Morgan fingerprint density at radius 2 is 1.72 bits per heavy atom. The number of esters is 1. The number of amides is 1. The summed E-state index contributed by atoms with van der Waals surface area (Å²) in [5.41, 5.74) is 0.574. The minimum absolute atomic E-state index is 0.426. The maximum Gasteiger partial charge on any atom is 0.348 e. The van der Waals surface area contributed by atoms with Crippen LogP contribution in [0.15, 0.2) is 54.6 Å². The van der Waals surface area contributed by atoms with E-state index < -0.39 is 24.1 Å². The smallest absolute Gasteiger partial charge is 0.348 e. The third-order valence-electron chi connectivity index (χ3n) is 3.43. The van der Waals surface area contributed by atoms with Crippen LogP contribution in [0.5, 0.6) is 5.75 Å². The number of rotatable bonds is 7. The lowest BCUT2D eigenvalue weighted by Gasteiger charge is -2.19. The molecule has 0 bridgehead atoms. The predicted octanol–water partition coefficient (Wildman–Crippen LogP) is 4.07. The van der Waals surface area contributed by atoms with Gasteiger partial charge in [0.2, 0.25) is 0 Å². The largest absolute Gasteiger partial charge is 0.479 e. The van der Waals surface area contributed by atoms with E-state index in [0.29, 0.717) is 22.9 Å². The number of hydrogen-bond donors (Lipinski definition) is 1. The molecule has 2 aromatic carbocycles. The van der Waals surface area contributed by atoms with Crippen LogP contribution in [0.2, 0.25) is 5.02 Å². The van der Waals surface area contributed by atoms with Crippen molar-refractivity contribution in [1.29, 1.82) is 0 Å². The molecule has 25 heavy (non-hydrogen) atoms. The first-order valence-corrected chi connectivity index (χ1v) is 8.36. The minimum atomic E-state index is -0.948. The van der Waals surface area contributed by atoms with Gasteiger partial charge >= 0.3 is 5.97 Å². The van der Waals surface area contributed by atoms with Gasteiger partial charge in [-0.15, -0.1) is 0 Å². The Labute approximate surface area is 151 Å². The standard InChI is InChI=1S/C19H20ClNO4/c1-3-17(25-16-7-5-4-6-8-16)19(23)24-13(2)18(22)21-15-11-9-14(20)10-12-15/h4-13,17H,3H2,1-2H3,(H,21,22)/t13-,17-/m0/s1. The van der Waals surface area contributed by atoms with E-state index in [2.05, 4.69) is 5.32 Å². The van der Waals surface area contributed by atoms with Gasteiger partial charge in [0, 0.05) is 10.7 Å². The zero-order valence-corrected chi connectivity index (χ0v) is 14.8. The van der Waals surface area contributed by atoms with Crippen molar-refractivity contribution in [3.63, 3.8) is 0 Å². The molecule has 1 N–H and O–H groups in total. The van der Waals surface area contributed by atoms with Crippen LogP contribution in [0, 0.1) is 0 Å². The SMILES string of the molecule is CC[C@H](Oc1ccccc1)C(=O)O[C@@H](C)C(=O)Nc1ccc(Cl)cc1. The molecule has 132 valence electrons. The number of benzene rings is 2. The number of anilines is 1. The number of nitrogens with one attached hydrogen (secondary N) is 1. The van der Waals surface area contributed by atoms with Crippen LogP contribution in [0.1, 0.15) is 20.3 Å². The highest BCUT2D eigenvalue weighted by Crippen LogP contribution is 2.16. The molecule has 0 unspecified atom stereocenters. The number of hydrogen-bond acceptors (Lipinski definition) is 4. The van der Waals surface area contributed by atoms with Crippen molar-refractivity contribution >= 4 is 29.2 Å². The second kappa shape index (κ2) is 9.08. The molecule has 0 radical (unpaired) electrons. The van der Waals surface area contributed by atoms with Gasteiger partial charge in [0.1, 0.15) is 5.75 Å². The Morgan fingerprint density at radius 1 is 1.08 bits per heavy atom. The summed E-state index contributed by atoms with van der Waals surface area (Å²) >= 11 is 5.80. The molecule has 0 heterocycles. The molecule has 0 aliphatic rings. The van der Waals surface area contributed by atoms with E-state index in [9.17, 15) is 9.59 Å². The van der Waals surface area contributed by atoms with Gasteiger partial charge in [-0.3, -0.25) is 4.79 Å². The van der Waals surface area contributed by atoms with E-state index in [1.807, 2.05) is 25.1 Å². The molecule has 0 aliphatic heterocycles. The van der Waals surface area contributed by atoms with E-state index >= 15 is 0 Å². The summed E-state index contributed by atoms with van der Waals surface area (Å²) in [5, 5.41) is 3.24. The number of halogens is 1. The second-order valence-corrected chi connectivity index (χ2v) is 5.84. The van der Waals surface area contributed by atoms with Crippen molar-refractivity contribution in [1.82, 2.24) is 0 Å². The first-order valence-electron chi connectivity index (χ1n) is 7.98. The van der Waals surface area contributed by atoms with Crippen LogP contribution in [-0.2, 0) is 14.3 Å². The molecule has 6 heteroatoms. The topological polar surface area (TPSA) is 64.6 Å². The lowest BCUT2D eigenvalue weighted by atomic mass is 10.2. The fourth-order valence-corrected chi connectivity index (χ4v) is 2.17. The Hall–Kier alpha value is -2.53. The van der Waals surface area contributed by atoms with Gasteiger partial charge in [0.15, 0.2) is 12.2 Å². The zero-order chi connectivity index (χ0) is 18.2. The van der Waals surface area contributed by atoms with E-state index in [4.69, 9.17) is 21.1 Å². The summed E-state index contributed by atoms with van der Waals surface area (Å²) in [6.07, 6.45) is -1.29. The lowest BCUT2D eigenvalue weighted by molar-refractivity contribution is -0.160. The molecular formula is C19H20ClNO4. The Bertz CT molecular complexity index is 703. The molecular weight excluding hydrogens is 342 g/mol. The van der Waals surface area contributed by atoms with Crippen LogP contribution < -0.4 is 10.1 Å². The normalized spacial score (nSPS) is 12.8. The van der Waals surface area contributed by atoms with Crippen LogP contribution in [-0.4, -0.2) is 24.1 Å². The van der Waals surface area contributed by atoms with Gasteiger partial charge in [-0.2, -0.15) is 0 Å². The van der Waals surface area contributed by atoms with Gasteiger partial charge < -0.3 is 14.8 Å². The second-order valence-electron chi connectivity index (χ2n) is 5.40. The van der Waals surface area contributed by atoms with Crippen LogP contribution in [0.4, 0.5) is 5.69 Å². The molecule has 2 aromatic rings. The zero-order valence-electron chi connectivity index (χ0n) is 14.1. The van der Waals surface area contributed by atoms with Gasteiger partial charge in [-0.1, -0.05) is 36.7 Å². The average molecular weight is 362 g/mol. The number of carbonyl (C=O) groups excluding carboxylic acids is 2. The maximum absolute atomic E-state index is 12.2. The average Bonchev–Trinajstić information content (AvgIpc) is 2.62. The van der Waals surface area contributed by atoms with Gasteiger partial charge in [-0.25, -0.2) is 4.79 Å². The van der Waals surface area contributed by atoms with Crippen molar-refractivity contribution in [2.75, 3.05) is 5.32 Å². The maximum atomic E-state index is 12.2. The number of para-hydroxylation sites is 1. The van der Waals surface area contributed by atoms with Crippen LogP contribution >= 0.6 is 11.6 Å². The van der Waals surface area contributed by atoms with Gasteiger partial charge in [-0.05, 0) is 49.7 Å². The highest BCUT2D eigenvalue weighted by atomic mass is 35.5. The summed E-state index contributed by atoms with van der Waals surface area (Å²) < 4.78 is 10.8. The van der Waals surface area contributed by atoms with Gasteiger partial charge in [0.25, 0.3) is 5.91 Å². The molecule has 0 aromatic heterocycles. The number of carbonyl (C=O) groups is 2. The van der Waals surface area contributed by atoms with Crippen molar-refractivity contribution < 1.29 is 19.1 Å². The Morgan fingerprint density at radius 3 is 2.32 bits per heavy atom. The van der Waals surface area contributed by atoms with Crippen molar-refractivity contribution in [3.05, 3.63) is 59.6 Å². The summed E-state index contributed by atoms with van der Waals surface area (Å²) in [7, 11) is 0. The fraction of sp³-hybridized carbons (Fsp3) is 0.263. The number of ether oxygens (including phenoxy) is 2. The monoisotopic (exact) mass is 361 g/mol. The van der Waals surface area contributed by atoms with Crippen molar-refractivity contribution in [2.45, 2.75) is 32.5 Å². The molecule has 0 aliphatic carbocycles. The summed E-state index contributed by atoms with van der Waals surface area (Å²) in [6, 6.07) is 15.7. The Balaban J connectivity index is 1.90. The molecule has 1 amide bonds. The van der Waals surface area contributed by atoms with E-state index in [1.54, 1.807) is 36.4 Å². The summed E-state index contributed by atoms with van der Waals surface area (Å²) in [6.45, 7) is 3.33. The summed E-state index contributed by atoms with van der Waals surface area (Å²) in [4.78, 5) is 24.4. The fourth-order valence-electron chi connectivity index (χ4n) is 2.04. The first kappa shape index (κ1) is 18.8. The molecule has 0 spiro atoms. The Kier molecular flexibility index (Phi) is 6.83. The molecule has 2 rings (SSSR count). The minimum Gasteiger partial charge on any atom is -0.479 e. The van der Waals surface area contributed by atoms with Crippen LogP contribution in [0.3, 0.4) is 0 Å². The lowest BCUT2D eigenvalue weighted by Crippen LogP contribution is -2.36. The molecule has 0 saturated carbocycles. The van der Waals surface area contributed by atoms with Crippen LogP contribution in [0.25, 0.3) is 0 Å².